The van der Waals surface area contributed by atoms with Crippen molar-refractivity contribution in [3.8, 4) is 23.0 Å². The summed E-state index contributed by atoms with van der Waals surface area (Å²) in [5.74, 6) is -1.93. The number of phenols is 3. The molecule has 0 aliphatic carbocycles. The van der Waals surface area contributed by atoms with E-state index in [2.05, 4.69) is 10.5 Å². The van der Waals surface area contributed by atoms with Gasteiger partial charge in [-0.25, -0.2) is 5.43 Å². The first kappa shape index (κ1) is 17.7. The molecule has 0 saturated carbocycles. The molecule has 7 nitrogen and oxygen atoms in total. The molecule has 2 aromatic carbocycles. The summed E-state index contributed by atoms with van der Waals surface area (Å²) in [5.41, 5.74) is 2.37. The van der Waals surface area contributed by atoms with E-state index in [1.54, 1.807) is 0 Å². The fraction of sp³-hybridized carbons (Fsp3) is 0.0667. The van der Waals surface area contributed by atoms with Gasteiger partial charge < -0.3 is 20.1 Å². The summed E-state index contributed by atoms with van der Waals surface area (Å²) in [6.45, 7) is 0. The Morgan fingerprint density at radius 3 is 2.50 bits per heavy atom. The molecule has 4 N–H and O–H groups in total. The third kappa shape index (κ3) is 3.81. The highest BCUT2D eigenvalue weighted by Gasteiger charge is 2.14. The van der Waals surface area contributed by atoms with E-state index in [1.165, 1.54) is 25.3 Å². The van der Waals surface area contributed by atoms with Crippen molar-refractivity contribution in [1.29, 1.82) is 0 Å². The van der Waals surface area contributed by atoms with Gasteiger partial charge in [-0.05, 0) is 24.3 Å². The number of hydrogen-bond donors (Lipinski definition) is 4. The van der Waals surface area contributed by atoms with Crippen LogP contribution in [0.15, 0.2) is 29.4 Å². The molecule has 24 heavy (non-hydrogen) atoms. The van der Waals surface area contributed by atoms with Gasteiger partial charge in [0.2, 0.25) is 5.75 Å². The van der Waals surface area contributed by atoms with Crippen molar-refractivity contribution in [3.05, 3.63) is 45.4 Å². The smallest absolute Gasteiger partial charge is 0.271 e. The summed E-state index contributed by atoms with van der Waals surface area (Å²) >= 11 is 11.6. The summed E-state index contributed by atoms with van der Waals surface area (Å²) in [5, 5.41) is 32.9. The molecule has 0 radical (unpaired) electrons. The van der Waals surface area contributed by atoms with Crippen LogP contribution in [0, 0.1) is 0 Å². The quantitative estimate of drug-likeness (QED) is 0.375. The van der Waals surface area contributed by atoms with Gasteiger partial charge in [-0.2, -0.15) is 5.10 Å². The zero-order valence-electron chi connectivity index (χ0n) is 12.2. The first-order valence-electron chi connectivity index (χ1n) is 6.45. The van der Waals surface area contributed by atoms with Crippen LogP contribution in [-0.2, 0) is 0 Å². The number of hydrogen-bond acceptors (Lipinski definition) is 6. The highest BCUT2D eigenvalue weighted by atomic mass is 35.5. The topological polar surface area (TPSA) is 111 Å². The summed E-state index contributed by atoms with van der Waals surface area (Å²) < 4.78 is 4.84. The zero-order valence-corrected chi connectivity index (χ0v) is 13.8. The summed E-state index contributed by atoms with van der Waals surface area (Å²) in [7, 11) is 1.28. The number of benzene rings is 2. The molecule has 9 heteroatoms. The maximum Gasteiger partial charge on any atom is 0.271 e. The zero-order chi connectivity index (χ0) is 17.9. The predicted octanol–water partition coefficient (Wildman–Crippen LogP) is 2.88. The van der Waals surface area contributed by atoms with E-state index in [0.717, 1.165) is 12.3 Å². The maximum absolute atomic E-state index is 12.0. The molecule has 2 aromatic rings. The molecule has 126 valence electrons. The highest BCUT2D eigenvalue weighted by Crippen LogP contribution is 2.36. The van der Waals surface area contributed by atoms with Crippen LogP contribution in [0.3, 0.4) is 0 Å². The Hall–Kier alpha value is -2.64. The molecular weight excluding hydrogens is 359 g/mol. The third-order valence-corrected chi connectivity index (χ3v) is 3.50. The lowest BCUT2D eigenvalue weighted by Crippen LogP contribution is -2.17. The molecule has 0 spiro atoms. The minimum Gasteiger partial charge on any atom is -0.507 e. The Kier molecular flexibility index (Phi) is 5.38. The molecule has 0 aromatic heterocycles. The fourth-order valence-electron chi connectivity index (χ4n) is 1.80. The van der Waals surface area contributed by atoms with Crippen molar-refractivity contribution in [2.24, 2.45) is 5.10 Å². The van der Waals surface area contributed by atoms with E-state index in [9.17, 15) is 20.1 Å². The number of nitrogens with one attached hydrogen (secondary N) is 1. The standard InChI is InChI=1S/C15H12Cl2N2O5/c1-24-13-3-7(2-12(21)14(13)22)15(23)19-18-6-9-10(17)4-8(16)5-11(9)20/h2-6,20-22H,1H3,(H,19,23). The fourth-order valence-corrected chi connectivity index (χ4v) is 2.33. The Bertz CT molecular complexity index is 801. The van der Waals surface area contributed by atoms with E-state index in [1.807, 2.05) is 0 Å². The second-order valence-electron chi connectivity index (χ2n) is 4.57. The molecule has 1 amide bonds. The Labute approximate surface area is 146 Å². The number of carbonyl (C=O) groups excluding carboxylic acids is 1. The van der Waals surface area contributed by atoms with Crippen LogP contribution in [0.4, 0.5) is 0 Å². The first-order valence-corrected chi connectivity index (χ1v) is 7.20. The van der Waals surface area contributed by atoms with Crippen molar-refractivity contribution >= 4 is 35.3 Å². The van der Waals surface area contributed by atoms with Crippen LogP contribution in [0.1, 0.15) is 15.9 Å². The van der Waals surface area contributed by atoms with Crippen LogP contribution in [0.2, 0.25) is 10.0 Å². The lowest BCUT2D eigenvalue weighted by atomic mass is 10.1. The molecule has 0 aliphatic rings. The van der Waals surface area contributed by atoms with Crippen LogP contribution in [0.5, 0.6) is 23.0 Å². The van der Waals surface area contributed by atoms with E-state index >= 15 is 0 Å². The Morgan fingerprint density at radius 1 is 1.17 bits per heavy atom. The number of nitrogens with zero attached hydrogens (tertiary/aromatic N) is 1. The van der Waals surface area contributed by atoms with Crippen molar-refractivity contribution in [1.82, 2.24) is 5.43 Å². The molecule has 0 fully saturated rings. The van der Waals surface area contributed by atoms with Gasteiger partial charge in [-0.3, -0.25) is 4.79 Å². The minimum absolute atomic E-state index is 0.00530. The predicted molar refractivity (Wildman–Crippen MR) is 89.5 cm³/mol. The lowest BCUT2D eigenvalue weighted by molar-refractivity contribution is 0.0954. The number of amides is 1. The van der Waals surface area contributed by atoms with Gasteiger partial charge >= 0.3 is 0 Å². The summed E-state index contributed by atoms with van der Waals surface area (Å²) in [6.07, 6.45) is 1.14. The van der Waals surface area contributed by atoms with Gasteiger partial charge in [0.15, 0.2) is 11.5 Å². The number of carbonyl (C=O) groups is 1. The van der Waals surface area contributed by atoms with Crippen LogP contribution in [0.25, 0.3) is 0 Å². The molecule has 0 saturated heterocycles. The van der Waals surface area contributed by atoms with Gasteiger partial charge in [0, 0.05) is 10.6 Å². The number of phenolic OH excluding ortho intramolecular Hbond substituents is 3. The average molecular weight is 371 g/mol. The van der Waals surface area contributed by atoms with Crippen molar-refractivity contribution in [3.63, 3.8) is 0 Å². The first-order chi connectivity index (χ1) is 11.3. The Balaban J connectivity index is 2.18. The van der Waals surface area contributed by atoms with E-state index in [-0.39, 0.29) is 32.7 Å². The summed E-state index contributed by atoms with van der Waals surface area (Å²) in [4.78, 5) is 12.0. The average Bonchev–Trinajstić information content (AvgIpc) is 2.52. The normalized spacial score (nSPS) is 10.8. The largest absolute Gasteiger partial charge is 0.507 e. The van der Waals surface area contributed by atoms with Gasteiger partial charge in [0.05, 0.1) is 23.9 Å². The SMILES string of the molecule is COc1cc(C(=O)NN=Cc2c(O)cc(Cl)cc2Cl)cc(O)c1O. The van der Waals surface area contributed by atoms with Crippen LogP contribution >= 0.6 is 23.2 Å². The second kappa shape index (κ2) is 7.29. The molecule has 0 unspecified atom stereocenters. The third-order valence-electron chi connectivity index (χ3n) is 2.97. The van der Waals surface area contributed by atoms with Crippen LogP contribution < -0.4 is 10.2 Å². The monoisotopic (exact) mass is 370 g/mol. The number of rotatable bonds is 4. The number of hydrazone groups is 1. The minimum atomic E-state index is -0.676. The van der Waals surface area contributed by atoms with Crippen molar-refractivity contribution in [2.75, 3.05) is 7.11 Å². The lowest BCUT2D eigenvalue weighted by Gasteiger charge is -2.08. The van der Waals surface area contributed by atoms with Crippen molar-refractivity contribution < 1.29 is 24.9 Å². The maximum atomic E-state index is 12.0. The van der Waals surface area contributed by atoms with E-state index in [0.29, 0.717) is 0 Å². The van der Waals surface area contributed by atoms with Gasteiger partial charge in [0.1, 0.15) is 5.75 Å². The van der Waals surface area contributed by atoms with E-state index in [4.69, 9.17) is 27.9 Å². The number of methoxy groups -OCH3 is 1. The number of halogens is 2. The van der Waals surface area contributed by atoms with Gasteiger partial charge in [-0.1, -0.05) is 23.2 Å². The molecule has 0 heterocycles. The molecule has 2 rings (SSSR count). The van der Waals surface area contributed by atoms with Crippen molar-refractivity contribution in [2.45, 2.75) is 0 Å². The van der Waals surface area contributed by atoms with Gasteiger partial charge in [0.25, 0.3) is 5.91 Å². The Morgan fingerprint density at radius 2 is 1.88 bits per heavy atom. The molecule has 0 aliphatic heterocycles. The molecule has 0 atom stereocenters. The number of aromatic hydroxyl groups is 3. The number of ether oxygens (including phenoxy) is 1. The van der Waals surface area contributed by atoms with Crippen LogP contribution in [-0.4, -0.2) is 34.6 Å². The summed E-state index contributed by atoms with van der Waals surface area (Å²) in [6, 6.07) is 4.97. The second-order valence-corrected chi connectivity index (χ2v) is 5.41. The van der Waals surface area contributed by atoms with Gasteiger partial charge in [-0.15, -0.1) is 0 Å². The highest BCUT2D eigenvalue weighted by molar-refractivity contribution is 6.36. The molecular formula is C15H12Cl2N2O5. The van der Waals surface area contributed by atoms with E-state index < -0.39 is 17.4 Å². The molecule has 0 bridgehead atoms.